The quantitative estimate of drug-likeness (QED) is 0.430. The SMILES string of the molecule is Cc1ccc(NC(=O)c2ccccc2-c2ccc(Cn3cccn3)cc2)cc1S(=O)(=O)N(C)C. The highest BCUT2D eigenvalue weighted by atomic mass is 32.2. The highest BCUT2D eigenvalue weighted by Gasteiger charge is 2.21. The molecule has 0 atom stereocenters. The molecule has 3 aromatic carbocycles. The van der Waals surface area contributed by atoms with Gasteiger partial charge in [0, 0.05) is 37.7 Å². The van der Waals surface area contributed by atoms with Crippen LogP contribution in [0, 0.1) is 6.92 Å². The molecule has 4 aromatic rings. The Bertz CT molecular complexity index is 1410. The molecule has 0 saturated heterocycles. The fourth-order valence-corrected chi connectivity index (χ4v) is 4.80. The number of aromatic nitrogens is 2. The van der Waals surface area contributed by atoms with Crippen LogP contribution in [0.25, 0.3) is 11.1 Å². The summed E-state index contributed by atoms with van der Waals surface area (Å²) in [5.74, 6) is -0.312. The van der Waals surface area contributed by atoms with Crippen molar-refractivity contribution in [2.24, 2.45) is 0 Å². The summed E-state index contributed by atoms with van der Waals surface area (Å²) in [5.41, 5.74) is 4.33. The first kappa shape index (κ1) is 23.4. The van der Waals surface area contributed by atoms with Crippen molar-refractivity contribution >= 4 is 21.6 Å². The number of sulfonamides is 1. The van der Waals surface area contributed by atoms with Gasteiger partial charge in [-0.15, -0.1) is 0 Å². The van der Waals surface area contributed by atoms with Gasteiger partial charge in [-0.25, -0.2) is 12.7 Å². The van der Waals surface area contributed by atoms with Gasteiger partial charge in [-0.05, 0) is 53.4 Å². The first-order chi connectivity index (χ1) is 16.3. The van der Waals surface area contributed by atoms with Crippen molar-refractivity contribution in [2.45, 2.75) is 18.4 Å². The maximum absolute atomic E-state index is 13.2. The molecule has 0 spiro atoms. The third-order valence-corrected chi connectivity index (χ3v) is 7.50. The zero-order valence-electron chi connectivity index (χ0n) is 19.3. The molecule has 0 radical (unpaired) electrons. The fourth-order valence-electron chi connectivity index (χ4n) is 3.65. The molecular weight excluding hydrogens is 448 g/mol. The summed E-state index contributed by atoms with van der Waals surface area (Å²) in [6.45, 7) is 2.40. The topological polar surface area (TPSA) is 84.3 Å². The third kappa shape index (κ3) is 4.93. The van der Waals surface area contributed by atoms with Gasteiger partial charge in [-0.2, -0.15) is 5.10 Å². The van der Waals surface area contributed by atoms with E-state index in [-0.39, 0.29) is 10.8 Å². The Hall–Kier alpha value is -3.75. The fraction of sp³-hybridized carbons (Fsp3) is 0.154. The zero-order valence-corrected chi connectivity index (χ0v) is 20.1. The second kappa shape index (κ2) is 9.62. The zero-order chi connectivity index (χ0) is 24.3. The second-order valence-electron chi connectivity index (χ2n) is 8.17. The predicted molar refractivity (Wildman–Crippen MR) is 133 cm³/mol. The van der Waals surface area contributed by atoms with Crippen LogP contribution < -0.4 is 5.32 Å². The first-order valence-corrected chi connectivity index (χ1v) is 12.2. The average molecular weight is 475 g/mol. The molecule has 0 fully saturated rings. The minimum absolute atomic E-state index is 0.163. The van der Waals surface area contributed by atoms with E-state index in [1.807, 2.05) is 59.4 Å². The van der Waals surface area contributed by atoms with Crippen LogP contribution in [0.1, 0.15) is 21.5 Å². The summed E-state index contributed by atoms with van der Waals surface area (Å²) in [6, 6.07) is 22.1. The number of hydrogen-bond acceptors (Lipinski definition) is 4. The number of carbonyl (C=O) groups is 1. The molecular formula is C26H26N4O3S. The Kier molecular flexibility index (Phi) is 6.63. The van der Waals surface area contributed by atoms with E-state index in [4.69, 9.17) is 0 Å². The largest absolute Gasteiger partial charge is 0.322 e. The van der Waals surface area contributed by atoms with Gasteiger partial charge in [0.15, 0.2) is 0 Å². The van der Waals surface area contributed by atoms with E-state index in [0.717, 1.165) is 21.0 Å². The van der Waals surface area contributed by atoms with Crippen LogP contribution in [-0.4, -0.2) is 42.5 Å². The highest BCUT2D eigenvalue weighted by molar-refractivity contribution is 7.89. The van der Waals surface area contributed by atoms with Crippen molar-refractivity contribution in [1.82, 2.24) is 14.1 Å². The van der Waals surface area contributed by atoms with E-state index < -0.39 is 10.0 Å². The van der Waals surface area contributed by atoms with E-state index in [1.165, 1.54) is 20.2 Å². The van der Waals surface area contributed by atoms with Gasteiger partial charge >= 0.3 is 0 Å². The molecule has 1 N–H and O–H groups in total. The number of anilines is 1. The number of nitrogens with one attached hydrogen (secondary N) is 1. The average Bonchev–Trinajstić information content (AvgIpc) is 3.33. The first-order valence-electron chi connectivity index (χ1n) is 10.8. The van der Waals surface area contributed by atoms with Crippen molar-refractivity contribution in [2.75, 3.05) is 19.4 Å². The molecule has 34 heavy (non-hydrogen) atoms. The minimum Gasteiger partial charge on any atom is -0.322 e. The number of nitrogens with zero attached hydrogens (tertiary/aromatic N) is 3. The van der Waals surface area contributed by atoms with Gasteiger partial charge in [0.25, 0.3) is 5.91 Å². The molecule has 0 unspecified atom stereocenters. The molecule has 1 amide bonds. The lowest BCUT2D eigenvalue weighted by Crippen LogP contribution is -2.23. The number of aryl methyl sites for hydroxylation is 1. The number of hydrogen-bond donors (Lipinski definition) is 1. The van der Waals surface area contributed by atoms with Gasteiger partial charge in [0.2, 0.25) is 10.0 Å². The molecule has 1 aromatic heterocycles. The normalized spacial score (nSPS) is 11.5. The van der Waals surface area contributed by atoms with Gasteiger partial charge in [0.1, 0.15) is 0 Å². The molecule has 0 bridgehead atoms. The molecule has 7 nitrogen and oxygen atoms in total. The van der Waals surface area contributed by atoms with Crippen LogP contribution in [0.4, 0.5) is 5.69 Å². The lowest BCUT2D eigenvalue weighted by atomic mass is 9.98. The van der Waals surface area contributed by atoms with Gasteiger partial charge < -0.3 is 5.32 Å². The Morgan fingerprint density at radius 1 is 1.00 bits per heavy atom. The van der Waals surface area contributed by atoms with E-state index in [9.17, 15) is 13.2 Å². The number of amides is 1. The van der Waals surface area contributed by atoms with Gasteiger partial charge in [0.05, 0.1) is 11.4 Å². The van der Waals surface area contributed by atoms with Crippen LogP contribution in [0.5, 0.6) is 0 Å². The van der Waals surface area contributed by atoms with Gasteiger partial charge in [-0.1, -0.05) is 48.5 Å². The maximum atomic E-state index is 13.2. The van der Waals surface area contributed by atoms with Crippen molar-refractivity contribution in [3.8, 4) is 11.1 Å². The number of rotatable bonds is 7. The smallest absolute Gasteiger partial charge is 0.256 e. The Morgan fingerprint density at radius 3 is 2.41 bits per heavy atom. The third-order valence-electron chi connectivity index (χ3n) is 5.55. The van der Waals surface area contributed by atoms with E-state index in [1.54, 1.807) is 31.3 Å². The second-order valence-corrected chi connectivity index (χ2v) is 10.3. The summed E-state index contributed by atoms with van der Waals surface area (Å²) in [5, 5.41) is 7.08. The molecule has 0 aliphatic rings. The number of carbonyl (C=O) groups excluding carboxylic acids is 1. The van der Waals surface area contributed by atoms with E-state index in [0.29, 0.717) is 23.4 Å². The van der Waals surface area contributed by atoms with E-state index in [2.05, 4.69) is 10.4 Å². The summed E-state index contributed by atoms with van der Waals surface area (Å²) in [7, 11) is -0.663. The summed E-state index contributed by atoms with van der Waals surface area (Å²) in [6.07, 6.45) is 3.66. The molecule has 1 heterocycles. The predicted octanol–water partition coefficient (Wildman–Crippen LogP) is 4.41. The van der Waals surface area contributed by atoms with Crippen molar-refractivity contribution in [3.63, 3.8) is 0 Å². The summed E-state index contributed by atoms with van der Waals surface area (Å²) >= 11 is 0. The molecule has 0 aliphatic carbocycles. The minimum atomic E-state index is -3.63. The molecule has 4 rings (SSSR count). The Morgan fingerprint density at radius 2 is 1.74 bits per heavy atom. The maximum Gasteiger partial charge on any atom is 0.256 e. The standard InChI is InChI=1S/C26H26N4O3S/c1-19-9-14-22(17-25(19)34(32,33)29(2)3)28-26(31)24-8-5-4-7-23(24)21-12-10-20(11-13-21)18-30-16-6-15-27-30/h4-17H,18H2,1-3H3,(H,28,31). The molecule has 174 valence electrons. The van der Waals surface area contributed by atoms with Crippen molar-refractivity contribution in [1.29, 1.82) is 0 Å². The van der Waals surface area contributed by atoms with Crippen LogP contribution in [0.15, 0.2) is 90.1 Å². The van der Waals surface area contributed by atoms with Crippen molar-refractivity contribution < 1.29 is 13.2 Å². The monoisotopic (exact) mass is 474 g/mol. The van der Waals surface area contributed by atoms with E-state index >= 15 is 0 Å². The molecule has 0 saturated carbocycles. The van der Waals surface area contributed by atoms with Crippen molar-refractivity contribution in [3.05, 3.63) is 102 Å². The van der Waals surface area contributed by atoms with Crippen LogP contribution in [0.3, 0.4) is 0 Å². The van der Waals surface area contributed by atoms with Crippen LogP contribution in [0.2, 0.25) is 0 Å². The highest BCUT2D eigenvalue weighted by Crippen LogP contribution is 2.27. The summed E-state index contributed by atoms with van der Waals surface area (Å²) < 4.78 is 28.3. The lowest BCUT2D eigenvalue weighted by molar-refractivity contribution is 0.102. The van der Waals surface area contributed by atoms with Gasteiger partial charge in [-0.3, -0.25) is 9.48 Å². The molecule has 0 aliphatic heterocycles. The van der Waals surface area contributed by atoms with Crippen LogP contribution in [-0.2, 0) is 16.6 Å². The molecule has 8 heteroatoms. The Labute approximate surface area is 199 Å². The lowest BCUT2D eigenvalue weighted by Gasteiger charge is -2.16. The summed E-state index contributed by atoms with van der Waals surface area (Å²) in [4.78, 5) is 13.3. The number of benzene rings is 3. The Balaban J connectivity index is 1.59. The van der Waals surface area contributed by atoms with Crippen LogP contribution >= 0.6 is 0 Å².